The van der Waals surface area contributed by atoms with Gasteiger partial charge in [0.05, 0.1) is 12.4 Å². The molecule has 7 nitrogen and oxygen atoms in total. The summed E-state index contributed by atoms with van der Waals surface area (Å²) in [5.41, 5.74) is 2.83. The molecule has 0 bridgehead atoms. The minimum Gasteiger partial charge on any atom is -0.351 e. The van der Waals surface area contributed by atoms with Gasteiger partial charge in [0.1, 0.15) is 17.3 Å². The normalized spacial score (nSPS) is 15.8. The van der Waals surface area contributed by atoms with Gasteiger partial charge in [-0.15, -0.1) is 0 Å². The quantitative estimate of drug-likeness (QED) is 0.653. The number of likely N-dealkylation sites (tertiary alicyclic amines) is 1. The lowest BCUT2D eigenvalue weighted by Crippen LogP contribution is -2.34. The van der Waals surface area contributed by atoms with Crippen LogP contribution in [0.3, 0.4) is 0 Å². The molecule has 0 radical (unpaired) electrons. The number of benzene rings is 1. The molecule has 1 fully saturated rings. The lowest BCUT2D eigenvalue weighted by Gasteiger charge is -2.30. The zero-order valence-corrected chi connectivity index (χ0v) is 17.0. The first kappa shape index (κ1) is 19.4. The van der Waals surface area contributed by atoms with Gasteiger partial charge in [0, 0.05) is 44.1 Å². The second-order valence-corrected chi connectivity index (χ2v) is 7.94. The van der Waals surface area contributed by atoms with Crippen LogP contribution in [-0.4, -0.2) is 45.0 Å². The number of nitrogens with zero attached hydrogens (tertiary/aromatic N) is 5. The van der Waals surface area contributed by atoms with Crippen molar-refractivity contribution < 1.29 is 9.18 Å². The first-order chi connectivity index (χ1) is 15.1. The van der Waals surface area contributed by atoms with Gasteiger partial charge >= 0.3 is 0 Å². The Labute approximate surface area is 178 Å². The predicted molar refractivity (Wildman–Crippen MR) is 114 cm³/mol. The van der Waals surface area contributed by atoms with E-state index in [-0.39, 0.29) is 17.3 Å². The molecular formula is C23H22FN5O2. The first-order valence-electron chi connectivity index (χ1n) is 10.5. The molecule has 2 aromatic heterocycles. The SMILES string of the molecule is O=C(c1cncc(N2CCc3cc(=O)n(-c4ccc(F)cc4)cc3C2)n1)N1CCCC1. The Hall–Kier alpha value is -3.55. The molecular weight excluding hydrogens is 397 g/mol. The zero-order chi connectivity index (χ0) is 21.4. The first-order valence-corrected chi connectivity index (χ1v) is 10.5. The lowest BCUT2D eigenvalue weighted by molar-refractivity contribution is 0.0786. The van der Waals surface area contributed by atoms with E-state index in [1.807, 2.05) is 11.1 Å². The van der Waals surface area contributed by atoms with Crippen LogP contribution in [0.2, 0.25) is 0 Å². The van der Waals surface area contributed by atoms with Crippen LogP contribution in [0.25, 0.3) is 5.69 Å². The minimum atomic E-state index is -0.345. The topological polar surface area (TPSA) is 71.3 Å². The number of pyridine rings is 1. The highest BCUT2D eigenvalue weighted by molar-refractivity contribution is 5.92. The Morgan fingerprint density at radius 1 is 1.00 bits per heavy atom. The minimum absolute atomic E-state index is 0.0746. The van der Waals surface area contributed by atoms with Gasteiger partial charge in [-0.1, -0.05) is 0 Å². The van der Waals surface area contributed by atoms with E-state index < -0.39 is 0 Å². The summed E-state index contributed by atoms with van der Waals surface area (Å²) < 4.78 is 14.8. The molecule has 8 heteroatoms. The number of carbonyl (C=O) groups excluding carboxylic acids is 1. The summed E-state index contributed by atoms with van der Waals surface area (Å²) in [6, 6.07) is 7.50. The summed E-state index contributed by atoms with van der Waals surface area (Å²) in [4.78, 5) is 38.0. The van der Waals surface area contributed by atoms with Crippen LogP contribution in [-0.2, 0) is 13.0 Å². The standard InChI is InChI=1S/C23H22FN5O2/c24-18-3-5-19(6-4-18)29-15-17-14-28(10-7-16(17)11-22(29)30)21-13-25-12-20(26-21)23(31)27-8-1-2-9-27/h3-6,11-13,15H,1-2,7-10,14H2. The number of hydrogen-bond acceptors (Lipinski definition) is 5. The van der Waals surface area contributed by atoms with Crippen molar-refractivity contribution in [2.24, 2.45) is 0 Å². The second-order valence-electron chi connectivity index (χ2n) is 7.94. The van der Waals surface area contributed by atoms with E-state index in [0.717, 1.165) is 37.1 Å². The molecule has 5 rings (SSSR count). The average Bonchev–Trinajstić information content (AvgIpc) is 3.34. The van der Waals surface area contributed by atoms with Gasteiger partial charge in [-0.25, -0.2) is 9.37 Å². The number of rotatable bonds is 3. The van der Waals surface area contributed by atoms with Crippen molar-refractivity contribution >= 4 is 11.7 Å². The summed E-state index contributed by atoms with van der Waals surface area (Å²) in [7, 11) is 0. The summed E-state index contributed by atoms with van der Waals surface area (Å²) in [5, 5.41) is 0. The Balaban J connectivity index is 1.42. The summed E-state index contributed by atoms with van der Waals surface area (Å²) in [6.07, 6.45) is 7.75. The Bertz CT molecular complexity index is 1190. The van der Waals surface area contributed by atoms with Crippen molar-refractivity contribution in [3.8, 4) is 5.69 Å². The molecule has 31 heavy (non-hydrogen) atoms. The fraction of sp³-hybridized carbons (Fsp3) is 0.304. The summed E-state index contributed by atoms with van der Waals surface area (Å²) >= 11 is 0. The molecule has 2 aliphatic heterocycles. The molecule has 4 heterocycles. The highest BCUT2D eigenvalue weighted by Gasteiger charge is 2.24. The average molecular weight is 419 g/mol. The number of aromatic nitrogens is 3. The van der Waals surface area contributed by atoms with E-state index in [2.05, 4.69) is 14.9 Å². The number of carbonyl (C=O) groups is 1. The molecule has 1 aromatic carbocycles. The third-order valence-corrected chi connectivity index (χ3v) is 5.91. The largest absolute Gasteiger partial charge is 0.351 e. The maximum Gasteiger partial charge on any atom is 0.274 e. The Morgan fingerprint density at radius 2 is 1.77 bits per heavy atom. The smallest absolute Gasteiger partial charge is 0.274 e. The van der Waals surface area contributed by atoms with Gasteiger partial charge in [-0.05, 0) is 54.7 Å². The third-order valence-electron chi connectivity index (χ3n) is 5.91. The van der Waals surface area contributed by atoms with Gasteiger partial charge in [0.15, 0.2) is 0 Å². The third kappa shape index (κ3) is 3.81. The van der Waals surface area contributed by atoms with E-state index in [1.165, 1.54) is 22.9 Å². The lowest BCUT2D eigenvalue weighted by atomic mass is 10.0. The van der Waals surface area contributed by atoms with Gasteiger partial charge < -0.3 is 9.80 Å². The molecule has 0 aliphatic carbocycles. The van der Waals surface area contributed by atoms with Crippen LogP contribution in [0.15, 0.2) is 53.7 Å². The van der Waals surface area contributed by atoms with Crippen molar-refractivity contribution in [2.75, 3.05) is 24.5 Å². The van der Waals surface area contributed by atoms with Gasteiger partial charge in [-0.3, -0.25) is 19.1 Å². The fourth-order valence-electron chi connectivity index (χ4n) is 4.22. The molecule has 0 spiro atoms. The summed E-state index contributed by atoms with van der Waals surface area (Å²) in [5.74, 6) is 0.229. The molecule has 0 N–H and O–H groups in total. The number of anilines is 1. The predicted octanol–water partition coefficient (Wildman–Crippen LogP) is 2.57. The number of amides is 1. The van der Waals surface area contributed by atoms with Gasteiger partial charge in [-0.2, -0.15) is 0 Å². The van der Waals surface area contributed by atoms with Crippen LogP contribution in [0.1, 0.15) is 34.5 Å². The summed E-state index contributed by atoms with van der Waals surface area (Å²) in [6.45, 7) is 2.77. The number of fused-ring (bicyclic) bond motifs is 1. The maximum absolute atomic E-state index is 13.3. The number of hydrogen-bond donors (Lipinski definition) is 0. The molecule has 1 saturated heterocycles. The maximum atomic E-state index is 13.3. The van der Waals surface area contributed by atoms with Crippen molar-refractivity contribution in [2.45, 2.75) is 25.8 Å². The number of halogens is 1. The molecule has 0 atom stereocenters. The van der Waals surface area contributed by atoms with E-state index >= 15 is 0 Å². The molecule has 3 aromatic rings. The van der Waals surface area contributed by atoms with Crippen molar-refractivity contribution in [1.82, 2.24) is 19.4 Å². The molecule has 1 amide bonds. The van der Waals surface area contributed by atoms with Crippen molar-refractivity contribution in [1.29, 1.82) is 0 Å². The molecule has 158 valence electrons. The van der Waals surface area contributed by atoms with Crippen LogP contribution >= 0.6 is 0 Å². The highest BCUT2D eigenvalue weighted by Crippen LogP contribution is 2.23. The van der Waals surface area contributed by atoms with Crippen LogP contribution in [0.4, 0.5) is 10.2 Å². The molecule has 2 aliphatic rings. The van der Waals surface area contributed by atoms with Crippen LogP contribution in [0.5, 0.6) is 0 Å². The molecule has 0 unspecified atom stereocenters. The van der Waals surface area contributed by atoms with E-state index in [9.17, 15) is 14.0 Å². The van der Waals surface area contributed by atoms with Gasteiger partial charge in [0.2, 0.25) is 0 Å². The van der Waals surface area contributed by atoms with Crippen molar-refractivity contribution in [3.05, 3.63) is 81.9 Å². The van der Waals surface area contributed by atoms with Gasteiger partial charge in [0.25, 0.3) is 11.5 Å². The van der Waals surface area contributed by atoms with Crippen LogP contribution < -0.4 is 10.5 Å². The van der Waals surface area contributed by atoms with Crippen LogP contribution in [0, 0.1) is 5.82 Å². The zero-order valence-electron chi connectivity index (χ0n) is 17.0. The monoisotopic (exact) mass is 419 g/mol. The molecule has 0 saturated carbocycles. The fourth-order valence-corrected chi connectivity index (χ4v) is 4.22. The van der Waals surface area contributed by atoms with E-state index in [0.29, 0.717) is 36.7 Å². The van der Waals surface area contributed by atoms with E-state index in [4.69, 9.17) is 0 Å². The Kier molecular flexibility index (Phi) is 4.97. The van der Waals surface area contributed by atoms with Crippen molar-refractivity contribution in [3.63, 3.8) is 0 Å². The van der Waals surface area contributed by atoms with E-state index in [1.54, 1.807) is 24.4 Å². The highest BCUT2D eigenvalue weighted by atomic mass is 19.1. The Morgan fingerprint density at radius 3 is 2.55 bits per heavy atom. The second kappa shape index (κ2) is 7.94.